The Balaban J connectivity index is 2.02. The summed E-state index contributed by atoms with van der Waals surface area (Å²) in [5.41, 5.74) is 1.78. The molecule has 1 aromatic carbocycles. The van der Waals surface area contributed by atoms with Gasteiger partial charge in [0.2, 0.25) is 10.0 Å². The highest BCUT2D eigenvalue weighted by Crippen LogP contribution is 2.21. The average molecular weight is 292 g/mol. The van der Waals surface area contributed by atoms with Crippen molar-refractivity contribution in [2.24, 2.45) is 0 Å². The Morgan fingerprint density at radius 1 is 1.25 bits per heavy atom. The van der Waals surface area contributed by atoms with Crippen molar-refractivity contribution in [1.82, 2.24) is 4.98 Å². The molecule has 2 aromatic rings. The molecule has 2 N–H and O–H groups in total. The lowest BCUT2D eigenvalue weighted by molar-refractivity contribution is 0.471. The van der Waals surface area contributed by atoms with Crippen molar-refractivity contribution in [3.63, 3.8) is 0 Å². The van der Waals surface area contributed by atoms with Gasteiger partial charge in [-0.05, 0) is 30.7 Å². The molecule has 2 rings (SSSR count). The number of pyridine rings is 1. The van der Waals surface area contributed by atoms with Gasteiger partial charge in [-0.1, -0.05) is 12.1 Å². The molecule has 0 atom stereocenters. The number of phenols is 1. The number of sulfonamides is 1. The summed E-state index contributed by atoms with van der Waals surface area (Å²) in [6, 6.07) is 10.1. The van der Waals surface area contributed by atoms with E-state index in [9.17, 15) is 13.5 Å². The maximum Gasteiger partial charge on any atom is 0.233 e. The van der Waals surface area contributed by atoms with Crippen LogP contribution in [0, 0.1) is 6.92 Å². The van der Waals surface area contributed by atoms with Crippen LogP contribution in [0.4, 0.5) is 5.69 Å². The second kappa shape index (κ2) is 5.92. The van der Waals surface area contributed by atoms with E-state index in [1.807, 2.05) is 6.07 Å². The van der Waals surface area contributed by atoms with Gasteiger partial charge in [-0.25, -0.2) is 8.42 Å². The molecule has 106 valence electrons. The standard InChI is InChI=1S/C14H16N2O3S/c1-11-5-6-13(10-14(11)17)16-20(18,19)9-7-12-4-2-3-8-15-12/h2-6,8,10,16-17H,7,9H2,1H3. The lowest BCUT2D eigenvalue weighted by atomic mass is 10.2. The summed E-state index contributed by atoms with van der Waals surface area (Å²) in [6.07, 6.45) is 1.97. The van der Waals surface area contributed by atoms with E-state index >= 15 is 0 Å². The summed E-state index contributed by atoms with van der Waals surface area (Å²) in [5.74, 6) is 0.00785. The zero-order valence-electron chi connectivity index (χ0n) is 11.1. The molecular weight excluding hydrogens is 276 g/mol. The van der Waals surface area contributed by atoms with Crippen molar-refractivity contribution in [1.29, 1.82) is 0 Å². The fourth-order valence-corrected chi connectivity index (χ4v) is 2.75. The zero-order valence-corrected chi connectivity index (χ0v) is 11.9. The van der Waals surface area contributed by atoms with Gasteiger partial charge in [-0.15, -0.1) is 0 Å². The van der Waals surface area contributed by atoms with Crippen LogP contribution in [0.5, 0.6) is 5.75 Å². The highest BCUT2D eigenvalue weighted by atomic mass is 32.2. The molecule has 0 saturated heterocycles. The van der Waals surface area contributed by atoms with Gasteiger partial charge in [-0.3, -0.25) is 9.71 Å². The Kier molecular flexibility index (Phi) is 4.24. The molecule has 5 nitrogen and oxygen atoms in total. The topological polar surface area (TPSA) is 79.3 Å². The predicted octanol–water partition coefficient (Wildman–Crippen LogP) is 2.08. The lowest BCUT2D eigenvalue weighted by Crippen LogP contribution is -2.18. The van der Waals surface area contributed by atoms with Crippen LogP contribution in [0.2, 0.25) is 0 Å². The number of nitrogens with zero attached hydrogens (tertiary/aromatic N) is 1. The first kappa shape index (κ1) is 14.3. The number of hydrogen-bond acceptors (Lipinski definition) is 4. The first-order chi connectivity index (χ1) is 9.46. The molecule has 0 aliphatic rings. The number of phenolic OH excluding ortho intramolecular Hbond substituents is 1. The van der Waals surface area contributed by atoms with Crippen molar-refractivity contribution in [3.8, 4) is 5.75 Å². The van der Waals surface area contributed by atoms with Crippen LogP contribution < -0.4 is 4.72 Å². The molecule has 6 heteroatoms. The summed E-state index contributed by atoms with van der Waals surface area (Å²) >= 11 is 0. The number of aromatic hydroxyl groups is 1. The van der Waals surface area contributed by atoms with E-state index < -0.39 is 10.0 Å². The molecule has 0 bridgehead atoms. The van der Waals surface area contributed by atoms with Gasteiger partial charge >= 0.3 is 0 Å². The summed E-state index contributed by atoms with van der Waals surface area (Å²) < 4.78 is 26.3. The van der Waals surface area contributed by atoms with E-state index in [4.69, 9.17) is 0 Å². The molecule has 0 spiro atoms. The van der Waals surface area contributed by atoms with E-state index in [1.165, 1.54) is 6.07 Å². The molecule has 0 aliphatic carbocycles. The first-order valence-corrected chi connectivity index (χ1v) is 7.81. The van der Waals surface area contributed by atoms with Crippen LogP contribution in [0.15, 0.2) is 42.6 Å². The fraction of sp³-hybridized carbons (Fsp3) is 0.214. The minimum Gasteiger partial charge on any atom is -0.508 e. The van der Waals surface area contributed by atoms with Gasteiger partial charge in [0.25, 0.3) is 0 Å². The molecule has 1 aromatic heterocycles. The number of rotatable bonds is 5. The minimum atomic E-state index is -3.46. The van der Waals surface area contributed by atoms with Crippen LogP contribution in [0.25, 0.3) is 0 Å². The van der Waals surface area contributed by atoms with Crippen LogP contribution in [-0.2, 0) is 16.4 Å². The summed E-state index contributed by atoms with van der Waals surface area (Å²) in [6.45, 7) is 1.74. The average Bonchev–Trinajstić information content (AvgIpc) is 2.42. The second-order valence-corrected chi connectivity index (χ2v) is 6.34. The zero-order chi connectivity index (χ0) is 14.6. The summed E-state index contributed by atoms with van der Waals surface area (Å²) in [7, 11) is -3.46. The van der Waals surface area contributed by atoms with Crippen molar-refractivity contribution in [2.45, 2.75) is 13.3 Å². The normalized spacial score (nSPS) is 11.2. The van der Waals surface area contributed by atoms with E-state index in [-0.39, 0.29) is 11.5 Å². The first-order valence-electron chi connectivity index (χ1n) is 6.16. The number of aryl methyl sites for hydroxylation is 2. The smallest absolute Gasteiger partial charge is 0.233 e. The summed E-state index contributed by atoms with van der Waals surface area (Å²) in [5, 5.41) is 9.56. The van der Waals surface area contributed by atoms with Gasteiger partial charge in [0.1, 0.15) is 5.75 Å². The number of nitrogens with one attached hydrogen (secondary N) is 1. The van der Waals surface area contributed by atoms with Crippen LogP contribution >= 0.6 is 0 Å². The molecule has 0 amide bonds. The predicted molar refractivity (Wildman–Crippen MR) is 78.2 cm³/mol. The quantitative estimate of drug-likeness (QED) is 0.884. The van der Waals surface area contributed by atoms with Crippen molar-refractivity contribution in [3.05, 3.63) is 53.9 Å². The van der Waals surface area contributed by atoms with Crippen LogP contribution in [0.1, 0.15) is 11.3 Å². The van der Waals surface area contributed by atoms with Crippen molar-refractivity contribution >= 4 is 15.7 Å². The molecule has 0 radical (unpaired) electrons. The van der Waals surface area contributed by atoms with E-state index in [0.717, 1.165) is 5.69 Å². The monoisotopic (exact) mass is 292 g/mol. The van der Waals surface area contributed by atoms with Gasteiger partial charge in [-0.2, -0.15) is 0 Å². The van der Waals surface area contributed by atoms with Gasteiger partial charge < -0.3 is 5.11 Å². The Hall–Kier alpha value is -2.08. The minimum absolute atomic E-state index is 0.0569. The Labute approximate surface area is 118 Å². The fourth-order valence-electron chi connectivity index (χ4n) is 1.69. The Morgan fingerprint density at radius 3 is 2.70 bits per heavy atom. The third kappa shape index (κ3) is 3.96. The lowest BCUT2D eigenvalue weighted by Gasteiger charge is -2.09. The van der Waals surface area contributed by atoms with Crippen LogP contribution in [-0.4, -0.2) is 24.3 Å². The number of aromatic nitrogens is 1. The molecule has 0 saturated carbocycles. The largest absolute Gasteiger partial charge is 0.508 e. The van der Waals surface area contributed by atoms with E-state index in [1.54, 1.807) is 37.4 Å². The highest BCUT2D eigenvalue weighted by Gasteiger charge is 2.11. The van der Waals surface area contributed by atoms with Crippen molar-refractivity contribution < 1.29 is 13.5 Å². The van der Waals surface area contributed by atoms with Gasteiger partial charge in [0.15, 0.2) is 0 Å². The van der Waals surface area contributed by atoms with Gasteiger partial charge in [0, 0.05) is 24.4 Å². The van der Waals surface area contributed by atoms with Crippen LogP contribution in [0.3, 0.4) is 0 Å². The van der Waals surface area contributed by atoms with Gasteiger partial charge in [0.05, 0.1) is 11.4 Å². The summed E-state index contributed by atoms with van der Waals surface area (Å²) in [4.78, 5) is 4.08. The SMILES string of the molecule is Cc1ccc(NS(=O)(=O)CCc2ccccn2)cc1O. The van der Waals surface area contributed by atoms with E-state index in [2.05, 4.69) is 9.71 Å². The molecule has 0 unspecified atom stereocenters. The number of benzene rings is 1. The van der Waals surface area contributed by atoms with E-state index in [0.29, 0.717) is 17.7 Å². The number of hydrogen-bond donors (Lipinski definition) is 2. The molecule has 1 heterocycles. The second-order valence-electron chi connectivity index (χ2n) is 4.49. The molecular formula is C14H16N2O3S. The number of anilines is 1. The third-order valence-electron chi connectivity index (χ3n) is 2.84. The van der Waals surface area contributed by atoms with Crippen molar-refractivity contribution in [2.75, 3.05) is 10.5 Å². The Bertz CT molecular complexity index is 685. The molecule has 20 heavy (non-hydrogen) atoms. The third-order valence-corrected chi connectivity index (χ3v) is 4.12. The molecule has 0 aliphatic heterocycles. The Morgan fingerprint density at radius 2 is 2.05 bits per heavy atom. The highest BCUT2D eigenvalue weighted by molar-refractivity contribution is 7.92. The maximum absolute atomic E-state index is 11.9. The molecule has 0 fully saturated rings. The maximum atomic E-state index is 11.9.